The van der Waals surface area contributed by atoms with Gasteiger partial charge in [0.15, 0.2) is 11.5 Å². The maximum Gasteiger partial charge on any atom is 0.246 e. The Balaban J connectivity index is 1.39. The lowest BCUT2D eigenvalue weighted by Crippen LogP contribution is -2.48. The number of fused-ring (bicyclic) bond motifs is 1. The summed E-state index contributed by atoms with van der Waals surface area (Å²) >= 11 is 6.20. The molecule has 0 aromatic heterocycles. The lowest BCUT2D eigenvalue weighted by molar-refractivity contribution is -0.126. The Morgan fingerprint density at radius 3 is 2.68 bits per heavy atom. The van der Waals surface area contributed by atoms with Gasteiger partial charge in [-0.25, -0.2) is 0 Å². The zero-order chi connectivity index (χ0) is 19.7. The van der Waals surface area contributed by atoms with Crippen molar-refractivity contribution in [1.82, 2.24) is 4.90 Å². The lowest BCUT2D eigenvalue weighted by atomic mass is 10.1. The van der Waals surface area contributed by atoms with E-state index in [-0.39, 0.29) is 12.7 Å². The van der Waals surface area contributed by atoms with Gasteiger partial charge in [0.2, 0.25) is 12.7 Å². The van der Waals surface area contributed by atoms with Gasteiger partial charge in [0.1, 0.15) is 0 Å². The summed E-state index contributed by atoms with van der Waals surface area (Å²) in [5.74, 6) is 1.18. The number of amides is 1. The summed E-state index contributed by atoms with van der Waals surface area (Å²) in [6.07, 6.45) is 3.37. The first-order valence-corrected chi connectivity index (χ1v) is 9.78. The number of carbonyl (C=O) groups is 1. The van der Waals surface area contributed by atoms with Gasteiger partial charge in [-0.1, -0.05) is 23.7 Å². The molecule has 1 fully saturated rings. The zero-order valence-electron chi connectivity index (χ0n) is 16.1. The average molecular weight is 399 g/mol. The zero-order valence-corrected chi connectivity index (χ0v) is 16.8. The van der Waals surface area contributed by atoms with Crippen LogP contribution in [0.1, 0.15) is 16.7 Å². The van der Waals surface area contributed by atoms with Crippen molar-refractivity contribution in [3.05, 3.63) is 58.1 Å². The summed E-state index contributed by atoms with van der Waals surface area (Å²) < 4.78 is 10.7. The molecule has 146 valence electrons. The molecule has 0 atom stereocenters. The normalized spacial score (nSPS) is 16.1. The van der Waals surface area contributed by atoms with Crippen LogP contribution in [0.2, 0.25) is 5.02 Å². The highest BCUT2D eigenvalue weighted by Gasteiger charge is 2.21. The number of rotatable bonds is 3. The van der Waals surface area contributed by atoms with Crippen LogP contribution in [0.15, 0.2) is 36.4 Å². The Hall–Kier alpha value is -2.66. The molecule has 0 radical (unpaired) electrons. The van der Waals surface area contributed by atoms with Crippen molar-refractivity contribution in [3.8, 4) is 11.5 Å². The van der Waals surface area contributed by atoms with Crippen LogP contribution in [0.4, 0.5) is 5.69 Å². The number of ether oxygens (including phenoxy) is 2. The number of benzene rings is 2. The fraction of sp³-hybridized carbons (Fsp3) is 0.318. The standard InChI is InChI=1S/C22H23ClN2O3/c1-15-4-3-5-19(16(15)2)24-8-10-25(11-9-24)21(26)7-6-17-12-18(23)22-20(13-17)27-14-28-22/h3-7,12-13H,8-11,14H2,1-2H3/b7-6+. The van der Waals surface area contributed by atoms with Crippen molar-refractivity contribution in [2.45, 2.75) is 13.8 Å². The third-order valence-electron chi connectivity index (χ3n) is 5.38. The maximum absolute atomic E-state index is 12.6. The average Bonchev–Trinajstić information content (AvgIpc) is 3.18. The third-order valence-corrected chi connectivity index (χ3v) is 5.66. The Labute approximate surface area is 170 Å². The van der Waals surface area contributed by atoms with Crippen LogP contribution in [0, 0.1) is 13.8 Å². The predicted molar refractivity (Wildman–Crippen MR) is 111 cm³/mol. The van der Waals surface area contributed by atoms with Gasteiger partial charge in [0, 0.05) is 37.9 Å². The molecule has 2 aliphatic rings. The van der Waals surface area contributed by atoms with E-state index in [0.717, 1.165) is 18.7 Å². The molecule has 0 N–H and O–H groups in total. The molecule has 28 heavy (non-hydrogen) atoms. The van der Waals surface area contributed by atoms with E-state index in [0.29, 0.717) is 29.6 Å². The number of piperazine rings is 1. The van der Waals surface area contributed by atoms with Gasteiger partial charge >= 0.3 is 0 Å². The van der Waals surface area contributed by atoms with Crippen LogP contribution in [0.25, 0.3) is 6.08 Å². The summed E-state index contributed by atoms with van der Waals surface area (Å²) in [7, 11) is 0. The molecule has 2 aromatic rings. The van der Waals surface area contributed by atoms with E-state index in [4.69, 9.17) is 21.1 Å². The second-order valence-electron chi connectivity index (χ2n) is 7.10. The maximum atomic E-state index is 12.6. The second-order valence-corrected chi connectivity index (χ2v) is 7.51. The third kappa shape index (κ3) is 3.67. The SMILES string of the molecule is Cc1cccc(N2CCN(C(=O)/C=C/c3cc(Cl)c4c(c3)OCO4)CC2)c1C. The fourth-order valence-corrected chi connectivity index (χ4v) is 3.88. The molecule has 0 bridgehead atoms. The summed E-state index contributed by atoms with van der Waals surface area (Å²) in [6, 6.07) is 9.98. The molecule has 6 heteroatoms. The van der Waals surface area contributed by atoms with E-state index in [9.17, 15) is 4.79 Å². The Morgan fingerprint density at radius 2 is 1.89 bits per heavy atom. The van der Waals surface area contributed by atoms with E-state index >= 15 is 0 Å². The van der Waals surface area contributed by atoms with Crippen molar-refractivity contribution in [1.29, 1.82) is 0 Å². The van der Waals surface area contributed by atoms with Gasteiger partial charge in [0.05, 0.1) is 5.02 Å². The van der Waals surface area contributed by atoms with Gasteiger partial charge in [-0.05, 0) is 54.8 Å². The number of hydrogen-bond donors (Lipinski definition) is 0. The fourth-order valence-electron chi connectivity index (χ4n) is 3.60. The minimum atomic E-state index is 0.00871. The van der Waals surface area contributed by atoms with Crippen LogP contribution in [0.3, 0.4) is 0 Å². The predicted octanol–water partition coefficient (Wildman–Crippen LogP) is 4.05. The molecule has 4 rings (SSSR count). The van der Waals surface area contributed by atoms with Crippen LogP contribution < -0.4 is 14.4 Å². The first kappa shape index (κ1) is 18.7. The Kier molecular flexibility index (Phi) is 5.18. The summed E-state index contributed by atoms with van der Waals surface area (Å²) in [4.78, 5) is 16.8. The highest BCUT2D eigenvalue weighted by molar-refractivity contribution is 6.32. The molecule has 2 aliphatic heterocycles. The minimum absolute atomic E-state index is 0.00871. The molecule has 0 unspecified atom stereocenters. The van der Waals surface area contributed by atoms with Crippen molar-refractivity contribution in [2.75, 3.05) is 37.9 Å². The first-order valence-electron chi connectivity index (χ1n) is 9.40. The molecule has 5 nitrogen and oxygen atoms in total. The Morgan fingerprint density at radius 1 is 1.11 bits per heavy atom. The molecule has 2 aromatic carbocycles. The van der Waals surface area contributed by atoms with Crippen molar-refractivity contribution < 1.29 is 14.3 Å². The second kappa shape index (κ2) is 7.76. The van der Waals surface area contributed by atoms with E-state index in [1.165, 1.54) is 16.8 Å². The van der Waals surface area contributed by atoms with Gasteiger partial charge < -0.3 is 19.3 Å². The number of aryl methyl sites for hydroxylation is 1. The summed E-state index contributed by atoms with van der Waals surface area (Å²) in [5, 5.41) is 0.490. The summed E-state index contributed by atoms with van der Waals surface area (Å²) in [6.45, 7) is 7.54. The number of nitrogens with zero attached hydrogens (tertiary/aromatic N) is 2. The topological polar surface area (TPSA) is 42.0 Å². The van der Waals surface area contributed by atoms with Crippen molar-refractivity contribution in [3.63, 3.8) is 0 Å². The molecule has 0 spiro atoms. The smallest absolute Gasteiger partial charge is 0.246 e. The molecule has 1 amide bonds. The molecular formula is C22H23ClN2O3. The van der Waals surface area contributed by atoms with Crippen LogP contribution in [-0.2, 0) is 4.79 Å². The van der Waals surface area contributed by atoms with Crippen LogP contribution in [0.5, 0.6) is 11.5 Å². The van der Waals surface area contributed by atoms with Gasteiger partial charge in [-0.15, -0.1) is 0 Å². The van der Waals surface area contributed by atoms with Crippen LogP contribution in [-0.4, -0.2) is 43.8 Å². The summed E-state index contributed by atoms with van der Waals surface area (Å²) in [5.41, 5.74) is 4.68. The Bertz CT molecular complexity index is 934. The molecule has 0 aliphatic carbocycles. The molecule has 2 heterocycles. The molecule has 0 saturated carbocycles. The number of anilines is 1. The number of halogens is 1. The van der Waals surface area contributed by atoms with Gasteiger partial charge in [0.25, 0.3) is 0 Å². The van der Waals surface area contributed by atoms with E-state index in [1.54, 1.807) is 18.2 Å². The van der Waals surface area contributed by atoms with E-state index in [1.807, 2.05) is 11.0 Å². The van der Waals surface area contributed by atoms with Gasteiger partial charge in [-0.3, -0.25) is 4.79 Å². The largest absolute Gasteiger partial charge is 0.454 e. The molecule has 1 saturated heterocycles. The van der Waals surface area contributed by atoms with Crippen molar-refractivity contribution in [2.24, 2.45) is 0 Å². The number of hydrogen-bond acceptors (Lipinski definition) is 4. The minimum Gasteiger partial charge on any atom is -0.454 e. The monoisotopic (exact) mass is 398 g/mol. The highest BCUT2D eigenvalue weighted by atomic mass is 35.5. The first-order chi connectivity index (χ1) is 13.5. The van der Waals surface area contributed by atoms with E-state index in [2.05, 4.69) is 36.9 Å². The van der Waals surface area contributed by atoms with Crippen molar-refractivity contribution >= 4 is 29.3 Å². The highest BCUT2D eigenvalue weighted by Crippen LogP contribution is 2.40. The molecular weight excluding hydrogens is 376 g/mol. The van der Waals surface area contributed by atoms with Crippen LogP contribution >= 0.6 is 11.6 Å². The van der Waals surface area contributed by atoms with Gasteiger partial charge in [-0.2, -0.15) is 0 Å². The quantitative estimate of drug-likeness (QED) is 0.731. The van der Waals surface area contributed by atoms with E-state index < -0.39 is 0 Å². The lowest BCUT2D eigenvalue weighted by Gasteiger charge is -2.36. The number of carbonyl (C=O) groups excluding carboxylic acids is 1.